The van der Waals surface area contributed by atoms with Gasteiger partial charge in [0.2, 0.25) is 10.0 Å². The largest absolute Gasteiger partial charge is 0.497 e. The molecule has 1 aliphatic heterocycles. The number of aliphatic carboxylic acids is 1. The van der Waals surface area contributed by atoms with Gasteiger partial charge in [0.05, 0.1) is 18.3 Å². The lowest BCUT2D eigenvalue weighted by Crippen LogP contribution is -2.37. The van der Waals surface area contributed by atoms with Gasteiger partial charge in [-0.05, 0) is 36.5 Å². The fourth-order valence-corrected chi connectivity index (χ4v) is 5.49. The first-order valence-electron chi connectivity index (χ1n) is 7.71. The summed E-state index contributed by atoms with van der Waals surface area (Å²) in [6.07, 6.45) is 2.22. The molecule has 7 heteroatoms. The number of benzene rings is 1. The number of carbonyl (C=O) groups is 1. The number of hydrogen-bond donors (Lipinski definition) is 1. The fourth-order valence-electron chi connectivity index (χ4n) is 3.87. The highest BCUT2D eigenvalue weighted by Gasteiger charge is 2.56. The number of methoxy groups -OCH3 is 1. The van der Waals surface area contributed by atoms with Gasteiger partial charge in [-0.25, -0.2) is 12.7 Å². The first-order chi connectivity index (χ1) is 10.9. The summed E-state index contributed by atoms with van der Waals surface area (Å²) < 4.78 is 31.9. The Labute approximate surface area is 136 Å². The van der Waals surface area contributed by atoms with Crippen LogP contribution in [0.2, 0.25) is 0 Å². The molecule has 2 aliphatic rings. The van der Waals surface area contributed by atoms with Gasteiger partial charge in [-0.3, -0.25) is 4.79 Å². The first kappa shape index (κ1) is 16.3. The Morgan fingerprint density at radius 3 is 2.91 bits per heavy atom. The zero-order valence-electron chi connectivity index (χ0n) is 13.1. The van der Waals surface area contributed by atoms with Crippen molar-refractivity contribution in [3.05, 3.63) is 29.8 Å². The second-order valence-electron chi connectivity index (χ2n) is 6.45. The molecule has 1 heterocycles. The minimum absolute atomic E-state index is 0.0694. The Hall–Kier alpha value is -1.60. The van der Waals surface area contributed by atoms with Crippen LogP contribution in [0.4, 0.5) is 0 Å². The molecule has 1 aromatic rings. The molecule has 6 nitrogen and oxygen atoms in total. The summed E-state index contributed by atoms with van der Waals surface area (Å²) in [5, 5.41) is 9.58. The summed E-state index contributed by atoms with van der Waals surface area (Å²) in [7, 11) is -2.00. The molecule has 0 unspecified atom stereocenters. The van der Waals surface area contributed by atoms with E-state index in [2.05, 4.69) is 0 Å². The second kappa shape index (κ2) is 5.79. The lowest BCUT2D eigenvalue weighted by molar-refractivity contribution is -0.149. The average molecular weight is 339 g/mol. The van der Waals surface area contributed by atoms with Gasteiger partial charge in [-0.15, -0.1) is 0 Å². The SMILES string of the molecule is COc1cccc(CS(=O)(=O)N2C[C@@H]3CCC[C@@]3(C(=O)O)C2)c1. The highest BCUT2D eigenvalue weighted by atomic mass is 32.2. The zero-order chi connectivity index (χ0) is 16.7. The summed E-state index contributed by atoms with van der Waals surface area (Å²) in [4.78, 5) is 11.7. The lowest BCUT2D eigenvalue weighted by atomic mass is 9.81. The van der Waals surface area contributed by atoms with Gasteiger partial charge in [-0.1, -0.05) is 18.6 Å². The van der Waals surface area contributed by atoms with E-state index in [1.54, 1.807) is 24.3 Å². The van der Waals surface area contributed by atoms with Crippen molar-refractivity contribution >= 4 is 16.0 Å². The van der Waals surface area contributed by atoms with Gasteiger partial charge in [0.25, 0.3) is 0 Å². The molecule has 0 aromatic heterocycles. The lowest BCUT2D eigenvalue weighted by Gasteiger charge is -2.23. The summed E-state index contributed by atoms with van der Waals surface area (Å²) in [5.41, 5.74) is -0.243. The number of hydrogen-bond acceptors (Lipinski definition) is 4. The molecule has 0 radical (unpaired) electrons. The summed E-state index contributed by atoms with van der Waals surface area (Å²) >= 11 is 0. The monoisotopic (exact) mass is 339 g/mol. The van der Waals surface area contributed by atoms with Crippen LogP contribution in [0.15, 0.2) is 24.3 Å². The quantitative estimate of drug-likeness (QED) is 0.883. The van der Waals surface area contributed by atoms with E-state index in [-0.39, 0.29) is 18.2 Å². The normalized spacial score (nSPS) is 27.8. The maximum Gasteiger partial charge on any atom is 0.311 e. The average Bonchev–Trinajstić information content (AvgIpc) is 3.05. The van der Waals surface area contributed by atoms with Crippen LogP contribution in [0.1, 0.15) is 24.8 Å². The molecule has 3 rings (SSSR count). The van der Waals surface area contributed by atoms with E-state index in [1.807, 2.05) is 0 Å². The van der Waals surface area contributed by atoms with Crippen LogP contribution in [0, 0.1) is 11.3 Å². The molecule has 0 amide bonds. The van der Waals surface area contributed by atoms with Crippen LogP contribution in [-0.2, 0) is 20.6 Å². The van der Waals surface area contributed by atoms with Crippen molar-refractivity contribution in [1.29, 1.82) is 0 Å². The molecular formula is C16H21NO5S. The Balaban J connectivity index is 1.80. The third-order valence-electron chi connectivity index (χ3n) is 5.14. The molecule has 2 atom stereocenters. The second-order valence-corrected chi connectivity index (χ2v) is 8.42. The third-order valence-corrected chi connectivity index (χ3v) is 6.91. The fraction of sp³-hybridized carbons (Fsp3) is 0.562. The Kier molecular flexibility index (Phi) is 4.10. The summed E-state index contributed by atoms with van der Waals surface area (Å²) in [5.74, 6) is -0.454. The number of carboxylic acid groups (broad SMARTS) is 1. The van der Waals surface area contributed by atoms with Crippen molar-refractivity contribution in [3.8, 4) is 5.75 Å². The van der Waals surface area contributed by atoms with Crippen LogP contribution < -0.4 is 4.74 Å². The smallest absolute Gasteiger partial charge is 0.311 e. The number of ether oxygens (including phenoxy) is 1. The van der Waals surface area contributed by atoms with Crippen LogP contribution in [0.3, 0.4) is 0 Å². The van der Waals surface area contributed by atoms with Crippen molar-refractivity contribution in [2.45, 2.75) is 25.0 Å². The number of fused-ring (bicyclic) bond motifs is 1. The summed E-state index contributed by atoms with van der Waals surface area (Å²) in [6, 6.07) is 6.95. The summed E-state index contributed by atoms with van der Waals surface area (Å²) in [6.45, 7) is 0.415. The predicted octanol–water partition coefficient (Wildman–Crippen LogP) is 1.71. The molecule has 1 N–H and O–H groups in total. The standard InChI is InChI=1S/C16H21NO5S/c1-22-14-6-2-4-12(8-14)10-23(20,21)17-9-13-5-3-7-16(13,11-17)15(18)19/h2,4,6,8,13H,3,5,7,9-11H2,1H3,(H,18,19)/t13-,16+/m0/s1. The van der Waals surface area contributed by atoms with Gasteiger partial charge in [0.15, 0.2) is 0 Å². The van der Waals surface area contributed by atoms with Gasteiger partial charge in [-0.2, -0.15) is 0 Å². The predicted molar refractivity (Wildman–Crippen MR) is 84.6 cm³/mol. The number of rotatable bonds is 5. The van der Waals surface area contributed by atoms with E-state index in [0.29, 0.717) is 24.3 Å². The highest BCUT2D eigenvalue weighted by molar-refractivity contribution is 7.88. The van der Waals surface area contributed by atoms with Crippen LogP contribution >= 0.6 is 0 Å². The molecule has 23 heavy (non-hydrogen) atoms. The van der Waals surface area contributed by atoms with Crippen LogP contribution in [0.5, 0.6) is 5.75 Å². The molecular weight excluding hydrogens is 318 g/mol. The van der Waals surface area contributed by atoms with E-state index >= 15 is 0 Å². The Morgan fingerprint density at radius 2 is 2.26 bits per heavy atom. The van der Waals surface area contributed by atoms with E-state index in [1.165, 1.54) is 11.4 Å². The minimum atomic E-state index is -3.54. The van der Waals surface area contributed by atoms with Crippen LogP contribution in [0.25, 0.3) is 0 Å². The van der Waals surface area contributed by atoms with Crippen LogP contribution in [-0.4, -0.2) is 44.0 Å². The van der Waals surface area contributed by atoms with E-state index in [4.69, 9.17) is 4.74 Å². The maximum atomic E-state index is 12.7. The minimum Gasteiger partial charge on any atom is -0.497 e. The van der Waals surface area contributed by atoms with Crippen molar-refractivity contribution < 1.29 is 23.1 Å². The zero-order valence-corrected chi connectivity index (χ0v) is 13.9. The van der Waals surface area contributed by atoms with Gasteiger partial charge >= 0.3 is 5.97 Å². The number of sulfonamides is 1. The molecule has 0 spiro atoms. The molecule has 0 bridgehead atoms. The molecule has 1 aliphatic carbocycles. The molecule has 2 fully saturated rings. The highest BCUT2D eigenvalue weighted by Crippen LogP contribution is 2.49. The van der Waals surface area contributed by atoms with E-state index in [0.717, 1.165) is 12.8 Å². The van der Waals surface area contributed by atoms with Gasteiger partial charge in [0, 0.05) is 13.1 Å². The van der Waals surface area contributed by atoms with Crippen molar-refractivity contribution in [2.24, 2.45) is 11.3 Å². The topological polar surface area (TPSA) is 83.9 Å². The third kappa shape index (κ3) is 2.83. The molecule has 1 aromatic carbocycles. The van der Waals surface area contributed by atoms with E-state index < -0.39 is 21.4 Å². The molecule has 1 saturated carbocycles. The molecule has 126 valence electrons. The van der Waals surface area contributed by atoms with Gasteiger partial charge < -0.3 is 9.84 Å². The van der Waals surface area contributed by atoms with E-state index in [9.17, 15) is 18.3 Å². The molecule has 1 saturated heterocycles. The van der Waals surface area contributed by atoms with Crippen molar-refractivity contribution in [2.75, 3.05) is 20.2 Å². The number of nitrogens with zero attached hydrogens (tertiary/aromatic N) is 1. The maximum absolute atomic E-state index is 12.7. The Bertz CT molecular complexity index is 717. The van der Waals surface area contributed by atoms with Crippen molar-refractivity contribution in [3.63, 3.8) is 0 Å². The van der Waals surface area contributed by atoms with Gasteiger partial charge in [0.1, 0.15) is 5.75 Å². The number of carboxylic acids is 1. The van der Waals surface area contributed by atoms with Crippen molar-refractivity contribution in [1.82, 2.24) is 4.31 Å². The first-order valence-corrected chi connectivity index (χ1v) is 9.32. The Morgan fingerprint density at radius 1 is 1.48 bits per heavy atom.